The van der Waals surface area contributed by atoms with Gasteiger partial charge in [0, 0.05) is 24.7 Å². The highest BCUT2D eigenvalue weighted by Gasteiger charge is 2.18. The smallest absolute Gasteiger partial charge is 0.255 e. The molecule has 0 fully saturated rings. The molecule has 1 heterocycles. The van der Waals surface area contributed by atoms with Gasteiger partial charge in [0.25, 0.3) is 5.91 Å². The Morgan fingerprint density at radius 2 is 1.93 bits per heavy atom. The van der Waals surface area contributed by atoms with Crippen LogP contribution in [0.2, 0.25) is 0 Å². The molecule has 144 valence electrons. The van der Waals surface area contributed by atoms with E-state index in [1.54, 1.807) is 35.1 Å². The number of hydrogen-bond donors (Lipinski definition) is 1. The highest BCUT2D eigenvalue weighted by molar-refractivity contribution is 6.04. The Morgan fingerprint density at radius 3 is 2.64 bits per heavy atom. The third kappa shape index (κ3) is 4.82. The quantitative estimate of drug-likeness (QED) is 0.686. The van der Waals surface area contributed by atoms with Crippen molar-refractivity contribution in [1.29, 1.82) is 0 Å². The van der Waals surface area contributed by atoms with E-state index in [0.29, 0.717) is 24.2 Å². The van der Waals surface area contributed by atoms with Gasteiger partial charge in [0.1, 0.15) is 12.7 Å². The zero-order valence-corrected chi connectivity index (χ0v) is 15.9. The summed E-state index contributed by atoms with van der Waals surface area (Å²) in [4.78, 5) is 30.4. The monoisotopic (exact) mass is 377 g/mol. The predicted octanol–water partition coefficient (Wildman–Crippen LogP) is 3.14. The lowest BCUT2D eigenvalue weighted by atomic mass is 10.1. The number of aryl methyl sites for hydroxylation is 1. The molecule has 28 heavy (non-hydrogen) atoms. The number of hydrogen-bond acceptors (Lipinski definition) is 4. The Bertz CT molecular complexity index is 925. The van der Waals surface area contributed by atoms with E-state index >= 15 is 0 Å². The minimum atomic E-state index is -0.164. The predicted molar refractivity (Wildman–Crippen MR) is 107 cm³/mol. The highest BCUT2D eigenvalue weighted by Crippen LogP contribution is 2.23. The Balaban J connectivity index is 1.63. The molecule has 1 atom stereocenters. The van der Waals surface area contributed by atoms with E-state index in [4.69, 9.17) is 0 Å². The van der Waals surface area contributed by atoms with Crippen molar-refractivity contribution in [2.45, 2.75) is 25.9 Å². The van der Waals surface area contributed by atoms with E-state index in [9.17, 15) is 9.59 Å². The average Bonchev–Trinajstić information content (AvgIpc) is 3.25. The normalized spacial score (nSPS) is 11.6. The van der Waals surface area contributed by atoms with Crippen LogP contribution in [0.4, 0.5) is 5.69 Å². The first-order valence-corrected chi connectivity index (χ1v) is 9.09. The molecule has 3 rings (SSSR count). The first-order valence-electron chi connectivity index (χ1n) is 9.09. The van der Waals surface area contributed by atoms with Gasteiger partial charge < -0.3 is 10.2 Å². The van der Waals surface area contributed by atoms with Crippen LogP contribution in [0, 0.1) is 0 Å². The van der Waals surface area contributed by atoms with Gasteiger partial charge in [-0.05, 0) is 36.8 Å². The van der Waals surface area contributed by atoms with Crippen LogP contribution in [-0.2, 0) is 11.3 Å². The number of carbonyl (C=O) groups is 2. The summed E-state index contributed by atoms with van der Waals surface area (Å²) < 4.78 is 1.64. The molecule has 0 aliphatic carbocycles. The van der Waals surface area contributed by atoms with Crippen LogP contribution < -0.4 is 5.32 Å². The van der Waals surface area contributed by atoms with Crippen molar-refractivity contribution >= 4 is 17.5 Å². The molecule has 0 radical (unpaired) electrons. The molecule has 3 aromatic rings. The highest BCUT2D eigenvalue weighted by atomic mass is 16.2. The first kappa shape index (κ1) is 19.3. The maximum atomic E-state index is 12.5. The van der Waals surface area contributed by atoms with Gasteiger partial charge in [0.15, 0.2) is 0 Å². The van der Waals surface area contributed by atoms with E-state index in [1.807, 2.05) is 49.4 Å². The summed E-state index contributed by atoms with van der Waals surface area (Å²) in [5.41, 5.74) is 2.24. The largest absolute Gasteiger partial charge is 0.339 e. The second kappa shape index (κ2) is 8.94. The molecular formula is C21H23N5O2. The van der Waals surface area contributed by atoms with Crippen LogP contribution in [0.5, 0.6) is 0 Å². The lowest BCUT2D eigenvalue weighted by Gasteiger charge is -2.26. The number of benzene rings is 2. The van der Waals surface area contributed by atoms with Gasteiger partial charge in [0.05, 0.1) is 12.6 Å². The molecule has 2 aromatic carbocycles. The summed E-state index contributed by atoms with van der Waals surface area (Å²) >= 11 is 0. The summed E-state index contributed by atoms with van der Waals surface area (Å²) in [6.45, 7) is 2.45. The lowest BCUT2D eigenvalue weighted by molar-refractivity contribution is -0.132. The van der Waals surface area contributed by atoms with Crippen molar-refractivity contribution in [3.8, 4) is 0 Å². The first-order chi connectivity index (χ1) is 13.5. The van der Waals surface area contributed by atoms with E-state index in [0.717, 1.165) is 5.56 Å². The average molecular weight is 377 g/mol. The Kier molecular flexibility index (Phi) is 6.16. The van der Waals surface area contributed by atoms with E-state index in [2.05, 4.69) is 15.4 Å². The lowest BCUT2D eigenvalue weighted by Crippen LogP contribution is -2.30. The van der Waals surface area contributed by atoms with Gasteiger partial charge in [-0.15, -0.1) is 0 Å². The fourth-order valence-corrected chi connectivity index (χ4v) is 2.84. The topological polar surface area (TPSA) is 80.1 Å². The minimum Gasteiger partial charge on any atom is -0.339 e. The summed E-state index contributed by atoms with van der Waals surface area (Å²) in [6, 6.07) is 16.5. The van der Waals surface area contributed by atoms with Crippen LogP contribution in [0.3, 0.4) is 0 Å². The van der Waals surface area contributed by atoms with E-state index < -0.39 is 0 Å². The van der Waals surface area contributed by atoms with Crippen molar-refractivity contribution in [1.82, 2.24) is 19.7 Å². The van der Waals surface area contributed by atoms with Crippen molar-refractivity contribution in [2.24, 2.45) is 0 Å². The number of nitrogens with zero attached hydrogens (tertiary/aromatic N) is 4. The third-order valence-electron chi connectivity index (χ3n) is 4.66. The maximum absolute atomic E-state index is 12.5. The standard InChI is InChI=1S/C21H23N5O2/c1-16(25(2)20(27)11-12-26-15-22-14-23-26)18-9-6-10-19(13-18)24-21(28)17-7-4-3-5-8-17/h3-10,13-16H,11-12H2,1-2H3,(H,24,28). The van der Waals surface area contributed by atoms with Crippen molar-refractivity contribution in [2.75, 3.05) is 12.4 Å². The number of carbonyl (C=O) groups excluding carboxylic acids is 2. The van der Waals surface area contributed by atoms with Gasteiger partial charge in [-0.25, -0.2) is 4.98 Å². The summed E-state index contributed by atoms with van der Waals surface area (Å²) in [6.07, 6.45) is 3.39. The molecule has 0 aliphatic heterocycles. The number of anilines is 1. The maximum Gasteiger partial charge on any atom is 0.255 e. The molecule has 7 nitrogen and oxygen atoms in total. The van der Waals surface area contributed by atoms with E-state index in [-0.39, 0.29) is 17.9 Å². The Hall–Kier alpha value is -3.48. The molecule has 1 unspecified atom stereocenters. The van der Waals surface area contributed by atoms with Gasteiger partial charge in [-0.1, -0.05) is 30.3 Å². The van der Waals surface area contributed by atoms with Gasteiger partial charge in [0.2, 0.25) is 5.91 Å². The summed E-state index contributed by atoms with van der Waals surface area (Å²) in [7, 11) is 1.78. The summed E-state index contributed by atoms with van der Waals surface area (Å²) in [5, 5.41) is 6.91. The van der Waals surface area contributed by atoms with Gasteiger partial charge in [-0.2, -0.15) is 5.10 Å². The van der Waals surface area contributed by atoms with E-state index in [1.165, 1.54) is 6.33 Å². The van der Waals surface area contributed by atoms with Crippen molar-refractivity contribution in [3.05, 3.63) is 78.4 Å². The second-order valence-electron chi connectivity index (χ2n) is 6.53. The molecule has 7 heteroatoms. The minimum absolute atomic E-state index is 0.0155. The summed E-state index contributed by atoms with van der Waals surface area (Å²) in [5.74, 6) is -0.149. The van der Waals surface area contributed by atoms with Crippen LogP contribution in [0.25, 0.3) is 0 Å². The molecule has 1 aromatic heterocycles. The van der Waals surface area contributed by atoms with Crippen molar-refractivity contribution in [3.63, 3.8) is 0 Å². The Labute approximate surface area is 164 Å². The number of amides is 2. The molecule has 0 bridgehead atoms. The van der Waals surface area contributed by atoms with Crippen LogP contribution in [0.1, 0.15) is 35.3 Å². The van der Waals surface area contributed by atoms with Crippen LogP contribution >= 0.6 is 0 Å². The molecule has 0 saturated carbocycles. The fraction of sp³-hybridized carbons (Fsp3) is 0.238. The molecule has 0 spiro atoms. The zero-order chi connectivity index (χ0) is 19.9. The van der Waals surface area contributed by atoms with Crippen LogP contribution in [-0.4, -0.2) is 38.5 Å². The third-order valence-corrected chi connectivity index (χ3v) is 4.66. The fourth-order valence-electron chi connectivity index (χ4n) is 2.84. The second-order valence-corrected chi connectivity index (χ2v) is 6.53. The molecular weight excluding hydrogens is 354 g/mol. The van der Waals surface area contributed by atoms with Crippen molar-refractivity contribution < 1.29 is 9.59 Å². The zero-order valence-electron chi connectivity index (χ0n) is 15.9. The molecule has 0 saturated heterocycles. The molecule has 0 aliphatic rings. The number of aromatic nitrogens is 3. The number of nitrogens with one attached hydrogen (secondary N) is 1. The molecule has 1 N–H and O–H groups in total. The molecule has 2 amide bonds. The van der Waals surface area contributed by atoms with Gasteiger partial charge >= 0.3 is 0 Å². The van der Waals surface area contributed by atoms with Crippen LogP contribution in [0.15, 0.2) is 67.3 Å². The van der Waals surface area contributed by atoms with Gasteiger partial charge in [-0.3, -0.25) is 14.3 Å². The SMILES string of the molecule is CC(c1cccc(NC(=O)c2ccccc2)c1)N(C)C(=O)CCn1cncn1. The number of rotatable bonds is 7. The Morgan fingerprint density at radius 1 is 1.14 bits per heavy atom.